The molecule has 3 heterocycles. The third-order valence-electron chi connectivity index (χ3n) is 9.80. The van der Waals surface area contributed by atoms with Gasteiger partial charge in [0, 0.05) is 80.4 Å². The third-order valence-corrected chi connectivity index (χ3v) is 11.9. The number of rotatable bonds is 8. The highest BCUT2D eigenvalue weighted by Gasteiger charge is 2.44. The fourth-order valence-electron chi connectivity index (χ4n) is 6.96. The average Bonchev–Trinajstić information content (AvgIpc) is 3.36. The molecule has 6 rings (SSSR count). The summed E-state index contributed by atoms with van der Waals surface area (Å²) in [4.78, 5) is 32.3. The van der Waals surface area contributed by atoms with Gasteiger partial charge in [-0.2, -0.15) is 4.31 Å². The summed E-state index contributed by atoms with van der Waals surface area (Å²) in [6, 6.07) is 8.42. The molecule has 0 bridgehead atoms. The van der Waals surface area contributed by atoms with Crippen molar-refractivity contribution in [2.45, 2.75) is 73.9 Å². The zero-order chi connectivity index (χ0) is 32.8. The minimum absolute atomic E-state index is 0.0333. The number of sulfonamides is 1. The molecule has 2 saturated carbocycles. The smallest absolute Gasteiger partial charge is 0.276 e. The molecule has 5 N–H and O–H groups in total. The van der Waals surface area contributed by atoms with Crippen LogP contribution in [0.4, 0.5) is 20.3 Å². The number of hydrogen-bond acceptors (Lipinski definition) is 8. The van der Waals surface area contributed by atoms with Gasteiger partial charge in [-0.15, -0.1) is 0 Å². The number of alkyl halides is 2. The Morgan fingerprint density at radius 3 is 2.22 bits per heavy atom. The molecule has 2 aliphatic carbocycles. The van der Waals surface area contributed by atoms with Crippen LogP contribution in [0.3, 0.4) is 0 Å². The molecule has 4 fully saturated rings. The van der Waals surface area contributed by atoms with Crippen molar-refractivity contribution in [2.75, 3.05) is 42.5 Å². The Bertz CT molecular complexity index is 1560. The first-order chi connectivity index (χ1) is 21.8. The van der Waals surface area contributed by atoms with Gasteiger partial charge in [0.15, 0.2) is 0 Å². The van der Waals surface area contributed by atoms with Crippen molar-refractivity contribution in [2.24, 2.45) is 23.3 Å². The Hall–Kier alpha value is -2.91. The Balaban J connectivity index is 1.06. The van der Waals surface area contributed by atoms with Gasteiger partial charge in [0.2, 0.25) is 21.8 Å². The van der Waals surface area contributed by atoms with Crippen LogP contribution < -0.4 is 26.6 Å². The predicted molar refractivity (Wildman–Crippen MR) is 170 cm³/mol. The summed E-state index contributed by atoms with van der Waals surface area (Å²) >= 11 is 6.25. The van der Waals surface area contributed by atoms with Crippen molar-refractivity contribution in [3.05, 3.63) is 47.1 Å². The molecule has 2 aliphatic heterocycles. The lowest BCUT2D eigenvalue weighted by Crippen LogP contribution is -2.49. The van der Waals surface area contributed by atoms with Gasteiger partial charge >= 0.3 is 0 Å². The number of amides is 2. The summed E-state index contributed by atoms with van der Waals surface area (Å²) in [5, 5.41) is 2.96. The normalized spacial score (nSPS) is 27.8. The van der Waals surface area contributed by atoms with E-state index in [0.29, 0.717) is 37.9 Å². The topological polar surface area (TPSA) is 155 Å². The van der Waals surface area contributed by atoms with Crippen LogP contribution in [-0.2, 0) is 25.5 Å². The average molecular weight is 680 g/mol. The van der Waals surface area contributed by atoms with E-state index < -0.39 is 21.9 Å². The highest BCUT2D eigenvalue weighted by atomic mass is 35.5. The van der Waals surface area contributed by atoms with Crippen LogP contribution in [0.1, 0.15) is 50.5 Å². The number of pyridine rings is 1. The lowest BCUT2D eigenvalue weighted by molar-refractivity contribution is -0.129. The standard InChI is InChI=1S/C31H40ClF2N7O4S/c32-27-15-21(31(33,34)20-1-3-24(4-2-20)37-30(43)19-13-22(35)14-19)16-28(38-27)39-9-11-40(12-10-39)46(44,45)26-7-5-25(6-8-26)41-18-23(36)17-29(41)42/h5-8,15-16,19-20,22-24H,1-4,9-14,17-18,35-36H2,(H,37,43)/t19?,20?,22?,23-,24?/m1/s1. The molecule has 4 aliphatic rings. The Kier molecular flexibility index (Phi) is 9.29. The van der Waals surface area contributed by atoms with Crippen molar-refractivity contribution >= 4 is 44.9 Å². The highest BCUT2D eigenvalue weighted by Crippen LogP contribution is 2.45. The highest BCUT2D eigenvalue weighted by molar-refractivity contribution is 7.89. The van der Waals surface area contributed by atoms with Gasteiger partial charge in [0.1, 0.15) is 11.0 Å². The molecular formula is C31H40ClF2N7O4S. The SMILES string of the molecule is NC1CC(C(=O)NC2CCC(C(F)(F)c3cc(Cl)nc(N4CCN(S(=O)(=O)c5ccc(N6C[C@H](N)CC6=O)cc5)CC4)c3)CC2)C1. The summed E-state index contributed by atoms with van der Waals surface area (Å²) in [5.41, 5.74) is 12.0. The van der Waals surface area contributed by atoms with Crippen LogP contribution in [0.25, 0.3) is 0 Å². The largest absolute Gasteiger partial charge is 0.354 e. The number of nitrogens with zero attached hydrogens (tertiary/aromatic N) is 4. The second-order valence-electron chi connectivity index (χ2n) is 13.0. The van der Waals surface area contributed by atoms with E-state index in [2.05, 4.69) is 10.3 Å². The lowest BCUT2D eigenvalue weighted by atomic mass is 9.78. The van der Waals surface area contributed by atoms with E-state index in [-0.39, 0.29) is 103 Å². The number of benzene rings is 1. The van der Waals surface area contributed by atoms with Crippen LogP contribution >= 0.6 is 11.6 Å². The van der Waals surface area contributed by atoms with Gasteiger partial charge in [-0.1, -0.05) is 11.6 Å². The molecule has 0 radical (unpaired) electrons. The molecule has 2 amide bonds. The number of piperazine rings is 1. The fraction of sp³-hybridized carbons (Fsp3) is 0.581. The van der Waals surface area contributed by atoms with E-state index in [1.165, 1.54) is 28.6 Å². The number of carbonyl (C=O) groups excluding carboxylic acids is 2. The molecule has 1 atom stereocenters. The zero-order valence-electron chi connectivity index (χ0n) is 25.5. The molecule has 15 heteroatoms. The minimum Gasteiger partial charge on any atom is -0.354 e. The second-order valence-corrected chi connectivity index (χ2v) is 15.3. The number of halogens is 3. The first-order valence-electron chi connectivity index (χ1n) is 15.8. The molecule has 2 saturated heterocycles. The molecular weight excluding hydrogens is 640 g/mol. The summed E-state index contributed by atoms with van der Waals surface area (Å²) in [6.45, 7) is 1.13. The van der Waals surface area contributed by atoms with Gasteiger partial charge in [0.25, 0.3) is 5.92 Å². The maximum Gasteiger partial charge on any atom is 0.276 e. The maximum absolute atomic E-state index is 15.8. The summed E-state index contributed by atoms with van der Waals surface area (Å²) in [7, 11) is -3.82. The lowest BCUT2D eigenvalue weighted by Gasteiger charge is -2.37. The van der Waals surface area contributed by atoms with Crippen LogP contribution in [0.15, 0.2) is 41.3 Å². The molecule has 250 valence electrons. The summed E-state index contributed by atoms with van der Waals surface area (Å²) < 4.78 is 59.8. The second kappa shape index (κ2) is 12.9. The minimum atomic E-state index is -3.82. The molecule has 1 aromatic carbocycles. The molecule has 0 spiro atoms. The molecule has 46 heavy (non-hydrogen) atoms. The number of hydrogen-bond donors (Lipinski definition) is 3. The van der Waals surface area contributed by atoms with Gasteiger partial charge < -0.3 is 26.6 Å². The number of aromatic nitrogens is 1. The van der Waals surface area contributed by atoms with E-state index in [9.17, 15) is 18.0 Å². The van der Waals surface area contributed by atoms with E-state index in [4.69, 9.17) is 23.1 Å². The number of nitrogens with one attached hydrogen (secondary N) is 1. The Labute approximate surface area is 272 Å². The predicted octanol–water partition coefficient (Wildman–Crippen LogP) is 2.81. The van der Waals surface area contributed by atoms with E-state index in [1.54, 1.807) is 21.9 Å². The van der Waals surface area contributed by atoms with Gasteiger partial charge in [-0.3, -0.25) is 9.59 Å². The van der Waals surface area contributed by atoms with Gasteiger partial charge in [-0.05, 0) is 74.9 Å². The molecule has 0 unspecified atom stereocenters. The molecule has 2 aromatic rings. The van der Waals surface area contributed by atoms with Crippen LogP contribution in [0.2, 0.25) is 5.15 Å². The van der Waals surface area contributed by atoms with E-state index >= 15 is 8.78 Å². The van der Waals surface area contributed by atoms with Gasteiger partial charge in [-0.25, -0.2) is 22.2 Å². The molecule has 1 aromatic heterocycles. The number of nitrogens with two attached hydrogens (primary N) is 2. The van der Waals surface area contributed by atoms with Crippen molar-refractivity contribution in [1.29, 1.82) is 0 Å². The van der Waals surface area contributed by atoms with Crippen molar-refractivity contribution in [1.82, 2.24) is 14.6 Å². The fourth-order valence-corrected chi connectivity index (χ4v) is 8.58. The Morgan fingerprint density at radius 1 is 0.978 bits per heavy atom. The Morgan fingerprint density at radius 2 is 1.63 bits per heavy atom. The van der Waals surface area contributed by atoms with Crippen LogP contribution in [0.5, 0.6) is 0 Å². The first-order valence-corrected chi connectivity index (χ1v) is 17.7. The third kappa shape index (κ3) is 6.73. The van der Waals surface area contributed by atoms with Crippen LogP contribution in [0, 0.1) is 11.8 Å². The van der Waals surface area contributed by atoms with Crippen LogP contribution in [-0.4, -0.2) is 80.4 Å². The van der Waals surface area contributed by atoms with Gasteiger partial charge in [0.05, 0.1) is 4.90 Å². The van der Waals surface area contributed by atoms with E-state index in [0.717, 1.165) is 0 Å². The van der Waals surface area contributed by atoms with Crippen molar-refractivity contribution in [3.63, 3.8) is 0 Å². The quantitative estimate of drug-likeness (QED) is 0.360. The monoisotopic (exact) mass is 679 g/mol. The molecule has 11 nitrogen and oxygen atoms in total. The summed E-state index contributed by atoms with van der Waals surface area (Å²) in [5.74, 6) is -3.99. The number of carbonyl (C=O) groups is 2. The summed E-state index contributed by atoms with van der Waals surface area (Å²) in [6.07, 6.45) is 3.06. The first kappa shape index (κ1) is 33.0. The van der Waals surface area contributed by atoms with E-state index in [1.807, 2.05) is 0 Å². The zero-order valence-corrected chi connectivity index (χ0v) is 27.0. The number of anilines is 2. The maximum atomic E-state index is 15.8. The van der Waals surface area contributed by atoms with Crippen molar-refractivity contribution in [3.8, 4) is 0 Å². The van der Waals surface area contributed by atoms with Crippen molar-refractivity contribution < 1.29 is 26.8 Å².